The van der Waals surface area contributed by atoms with Crippen LogP contribution in [-0.2, 0) is 8.85 Å². The highest BCUT2D eigenvalue weighted by Gasteiger charge is 2.24. The lowest BCUT2D eigenvalue weighted by molar-refractivity contribution is -0.890. The molecule has 0 radical (unpaired) electrons. The number of halogens is 1. The van der Waals surface area contributed by atoms with Gasteiger partial charge in [0.25, 0.3) is 0 Å². The Labute approximate surface area is 192 Å². The van der Waals surface area contributed by atoms with Crippen molar-refractivity contribution >= 4 is 9.28 Å². The van der Waals surface area contributed by atoms with E-state index in [0.29, 0.717) is 5.54 Å². The molecular weight excluding hydrogens is 398 g/mol. The zero-order valence-corrected chi connectivity index (χ0v) is 22.7. The second kappa shape index (κ2) is 21.6. The van der Waals surface area contributed by atoms with E-state index in [2.05, 4.69) is 41.8 Å². The van der Waals surface area contributed by atoms with Crippen LogP contribution in [0.15, 0.2) is 0 Å². The first-order valence-electron chi connectivity index (χ1n) is 12.5. The molecule has 0 saturated heterocycles. The summed E-state index contributed by atoms with van der Waals surface area (Å²) in [5.74, 6) is 0. The highest BCUT2D eigenvalue weighted by atomic mass is 35.5. The molecule has 0 bridgehead atoms. The predicted molar refractivity (Wildman–Crippen MR) is 127 cm³/mol. The van der Waals surface area contributed by atoms with Crippen LogP contribution in [0.25, 0.3) is 0 Å². The molecule has 1 atom stereocenters. The molecule has 0 spiro atoms. The molecule has 0 aliphatic carbocycles. The lowest BCUT2D eigenvalue weighted by Gasteiger charge is -2.32. The Morgan fingerprint density at radius 3 is 1.48 bits per heavy atom. The van der Waals surface area contributed by atoms with E-state index in [-0.39, 0.29) is 12.4 Å². The van der Waals surface area contributed by atoms with Crippen molar-refractivity contribution in [1.82, 2.24) is 0 Å². The molecule has 178 valence electrons. The predicted octanol–water partition coefficient (Wildman–Crippen LogP) is 3.84. The highest BCUT2D eigenvalue weighted by Crippen LogP contribution is 2.19. The fourth-order valence-electron chi connectivity index (χ4n) is 3.89. The quantitative estimate of drug-likeness (QED) is 0.150. The molecule has 5 heteroatoms. The molecule has 0 aromatic carbocycles. The van der Waals surface area contributed by atoms with E-state index in [9.17, 15) is 0 Å². The van der Waals surface area contributed by atoms with Crippen LogP contribution in [0.1, 0.15) is 111 Å². The Morgan fingerprint density at radius 2 is 1.07 bits per heavy atom. The van der Waals surface area contributed by atoms with Gasteiger partial charge in [-0.15, -0.1) is 0 Å². The van der Waals surface area contributed by atoms with E-state index < -0.39 is 9.28 Å². The first kappa shape index (κ1) is 31.6. The van der Waals surface area contributed by atoms with E-state index in [1.807, 2.05) is 0 Å². The number of unbranched alkanes of at least 4 members (excludes halogenated alkanes) is 11. The minimum absolute atomic E-state index is 0. The van der Waals surface area contributed by atoms with Crippen LogP contribution in [0.4, 0.5) is 0 Å². The molecule has 0 amide bonds. The van der Waals surface area contributed by atoms with Gasteiger partial charge in [0.2, 0.25) is 0 Å². The van der Waals surface area contributed by atoms with Gasteiger partial charge < -0.3 is 25.7 Å². The molecule has 0 aromatic heterocycles. The van der Waals surface area contributed by atoms with Gasteiger partial charge in [-0.05, 0) is 26.7 Å². The van der Waals surface area contributed by atoms with Crippen molar-refractivity contribution in [3.8, 4) is 0 Å². The molecule has 0 aromatic rings. The van der Waals surface area contributed by atoms with Crippen LogP contribution in [0.5, 0.6) is 0 Å². The molecule has 0 N–H and O–H groups in total. The van der Waals surface area contributed by atoms with Crippen molar-refractivity contribution in [3.63, 3.8) is 0 Å². The van der Waals surface area contributed by atoms with E-state index >= 15 is 0 Å². The smallest absolute Gasteiger partial charge is 0.324 e. The first-order valence-corrected chi connectivity index (χ1v) is 14.1. The summed E-state index contributed by atoms with van der Waals surface area (Å²) in [6, 6.07) is 0. The molecule has 0 heterocycles. The fourth-order valence-corrected chi connectivity index (χ4v) is 5.72. The van der Waals surface area contributed by atoms with Gasteiger partial charge in [-0.1, -0.05) is 78.1 Å². The maximum absolute atomic E-state index is 5.90. The van der Waals surface area contributed by atoms with Crippen molar-refractivity contribution in [3.05, 3.63) is 0 Å². The summed E-state index contributed by atoms with van der Waals surface area (Å²) in [4.78, 5) is 0. The second-order valence-electron chi connectivity index (χ2n) is 9.32. The third kappa shape index (κ3) is 20.1. The van der Waals surface area contributed by atoms with Crippen LogP contribution in [0.2, 0.25) is 5.54 Å². The maximum Gasteiger partial charge on any atom is 0.324 e. The minimum Gasteiger partial charge on any atom is -1.00 e. The molecule has 0 rings (SSSR count). The zero-order chi connectivity index (χ0) is 21.1. The molecule has 0 fully saturated rings. The summed E-state index contributed by atoms with van der Waals surface area (Å²) < 4.78 is 12.9. The van der Waals surface area contributed by atoms with E-state index in [1.165, 1.54) is 96.6 Å². The van der Waals surface area contributed by atoms with Crippen molar-refractivity contribution in [1.29, 1.82) is 0 Å². The van der Waals surface area contributed by atoms with Gasteiger partial charge in [-0.25, -0.2) is 0 Å². The molecule has 1 unspecified atom stereocenters. The molecule has 0 aliphatic heterocycles. The summed E-state index contributed by atoms with van der Waals surface area (Å²) >= 11 is 0. The number of quaternary nitrogens is 1. The van der Waals surface area contributed by atoms with Gasteiger partial charge >= 0.3 is 9.28 Å². The maximum atomic E-state index is 5.90. The molecular formula is C24H54ClNO2Si. The molecule has 0 aliphatic rings. The van der Waals surface area contributed by atoms with Crippen LogP contribution >= 0.6 is 0 Å². The summed E-state index contributed by atoms with van der Waals surface area (Å²) in [5, 5.41) is 0. The van der Waals surface area contributed by atoms with Crippen molar-refractivity contribution in [2.24, 2.45) is 0 Å². The number of nitrogens with zero attached hydrogens (tertiary/aromatic N) is 1. The zero-order valence-electron chi connectivity index (χ0n) is 20.8. The van der Waals surface area contributed by atoms with Crippen LogP contribution in [0.3, 0.4) is 0 Å². The highest BCUT2D eigenvalue weighted by molar-refractivity contribution is 6.46. The van der Waals surface area contributed by atoms with Crippen LogP contribution < -0.4 is 12.4 Å². The van der Waals surface area contributed by atoms with Gasteiger partial charge in [-0.2, -0.15) is 0 Å². The second-order valence-corrected chi connectivity index (χ2v) is 11.9. The Morgan fingerprint density at radius 1 is 0.655 bits per heavy atom. The lowest BCUT2D eigenvalue weighted by Crippen LogP contribution is -3.00. The monoisotopic (exact) mass is 451 g/mol. The van der Waals surface area contributed by atoms with Gasteiger partial charge in [-0.3, -0.25) is 0 Å². The van der Waals surface area contributed by atoms with Gasteiger partial charge in [0.15, 0.2) is 0 Å². The van der Waals surface area contributed by atoms with E-state index in [4.69, 9.17) is 8.85 Å². The molecule has 29 heavy (non-hydrogen) atoms. The summed E-state index contributed by atoms with van der Waals surface area (Å²) in [7, 11) is 3.30. The summed E-state index contributed by atoms with van der Waals surface area (Å²) in [6.07, 6.45) is 18.4. The molecule has 3 nitrogen and oxygen atoms in total. The first-order chi connectivity index (χ1) is 13.5. The number of hydrogen-bond donors (Lipinski definition) is 0. The number of hydrogen-bond acceptors (Lipinski definition) is 2. The van der Waals surface area contributed by atoms with Crippen molar-refractivity contribution in [2.45, 2.75) is 117 Å². The van der Waals surface area contributed by atoms with Crippen molar-refractivity contribution < 1.29 is 25.7 Å². The van der Waals surface area contributed by atoms with E-state index in [0.717, 1.165) is 17.7 Å². The average Bonchev–Trinajstić information content (AvgIpc) is 2.67. The van der Waals surface area contributed by atoms with Gasteiger partial charge in [0.1, 0.15) is 0 Å². The Bertz CT molecular complexity index is 326. The normalized spacial score (nSPS) is 12.9. The standard InChI is InChI=1S/C24H54NO2Si.ClH/c1-7-10-11-12-13-14-15-16-17-18-19-20-22-25(5,6)23-21-24(4)28(26-8-2)27-9-3;/h24,28H,7-23H2,1-6H3;1H/q+1;/p-1. The fraction of sp³-hybridized carbons (Fsp3) is 1.00. The van der Waals surface area contributed by atoms with Crippen molar-refractivity contribution in [2.75, 3.05) is 40.4 Å². The Kier molecular flexibility index (Phi) is 23.5. The van der Waals surface area contributed by atoms with Gasteiger partial charge in [0.05, 0.1) is 27.2 Å². The topological polar surface area (TPSA) is 18.5 Å². The third-order valence-electron chi connectivity index (χ3n) is 5.93. The molecule has 0 saturated carbocycles. The average molecular weight is 452 g/mol. The summed E-state index contributed by atoms with van der Waals surface area (Å²) in [6.45, 7) is 12.9. The Hall–Kier alpha value is 0.387. The summed E-state index contributed by atoms with van der Waals surface area (Å²) in [5.41, 5.74) is 0.597. The third-order valence-corrected chi connectivity index (χ3v) is 8.52. The lowest BCUT2D eigenvalue weighted by atomic mass is 10.1. The Balaban J connectivity index is 0. The van der Waals surface area contributed by atoms with Crippen LogP contribution in [-0.4, -0.2) is 54.2 Å². The van der Waals surface area contributed by atoms with Gasteiger partial charge in [0, 0.05) is 25.2 Å². The van der Waals surface area contributed by atoms with E-state index in [1.54, 1.807) is 0 Å². The largest absolute Gasteiger partial charge is 1.00 e. The van der Waals surface area contributed by atoms with Crippen LogP contribution in [0, 0.1) is 0 Å². The number of rotatable bonds is 21. The minimum atomic E-state index is -1.49. The SMILES string of the molecule is CCCCCCCCCCCCCC[N+](C)(C)CCC(C)[SiH](OCC)OCC.[Cl-].